The number of halogens is 1. The molecule has 1 unspecified atom stereocenters. The molecule has 0 bridgehead atoms. The number of aryl methyl sites for hydroxylation is 1. The van der Waals surface area contributed by atoms with Gasteiger partial charge in [0.05, 0.1) is 16.7 Å². The highest BCUT2D eigenvalue weighted by atomic mass is 79.9. The van der Waals surface area contributed by atoms with Gasteiger partial charge in [-0.2, -0.15) is 0 Å². The number of hydrogen-bond donors (Lipinski definition) is 1. The van der Waals surface area contributed by atoms with E-state index in [1.165, 1.54) is 0 Å². The molecule has 2 aromatic rings. The predicted octanol–water partition coefficient (Wildman–Crippen LogP) is 4.09. The molecule has 0 amide bonds. The highest BCUT2D eigenvalue weighted by Crippen LogP contribution is 2.34. The van der Waals surface area contributed by atoms with Gasteiger partial charge in [-0.25, -0.2) is 8.42 Å². The maximum Gasteiger partial charge on any atom is 0.178 e. The lowest BCUT2D eigenvalue weighted by atomic mass is 10.0. The molecule has 0 radical (unpaired) electrons. The summed E-state index contributed by atoms with van der Waals surface area (Å²) in [5, 5.41) is 3.46. The number of anilines is 1. The molecule has 3 rings (SSSR count). The van der Waals surface area contributed by atoms with Crippen LogP contribution in [0, 0.1) is 6.92 Å². The molecule has 0 aliphatic carbocycles. The van der Waals surface area contributed by atoms with Crippen LogP contribution in [0.3, 0.4) is 0 Å². The Balaban J connectivity index is 1.97. The van der Waals surface area contributed by atoms with Crippen molar-refractivity contribution in [3.05, 3.63) is 58.1 Å². The molecule has 5 heteroatoms. The number of rotatable bonds is 2. The van der Waals surface area contributed by atoms with Gasteiger partial charge in [0, 0.05) is 10.2 Å². The molecule has 2 aromatic carbocycles. The number of benzene rings is 2. The highest BCUT2D eigenvalue weighted by Gasteiger charge is 2.29. The number of fused-ring (bicyclic) bond motifs is 1. The normalized spacial score (nSPS) is 19.8. The summed E-state index contributed by atoms with van der Waals surface area (Å²) in [5.74, 6) is 0.189. The van der Waals surface area contributed by atoms with Crippen molar-refractivity contribution in [3.63, 3.8) is 0 Å². The predicted molar refractivity (Wildman–Crippen MR) is 88.4 cm³/mol. The minimum Gasteiger partial charge on any atom is -0.378 e. The van der Waals surface area contributed by atoms with E-state index in [4.69, 9.17) is 0 Å². The first-order chi connectivity index (χ1) is 9.95. The molecule has 0 saturated carbocycles. The number of nitrogens with one attached hydrogen (secondary N) is 1. The van der Waals surface area contributed by atoms with Crippen molar-refractivity contribution in [2.75, 3.05) is 11.1 Å². The van der Waals surface area contributed by atoms with Gasteiger partial charge in [-0.05, 0) is 48.7 Å². The molecule has 0 spiro atoms. The van der Waals surface area contributed by atoms with E-state index in [1.54, 1.807) is 12.1 Å². The second-order valence-corrected chi connectivity index (χ2v) is 8.35. The lowest BCUT2D eigenvalue weighted by Gasteiger charge is -2.27. The Morgan fingerprint density at radius 3 is 2.71 bits per heavy atom. The smallest absolute Gasteiger partial charge is 0.178 e. The van der Waals surface area contributed by atoms with Crippen LogP contribution in [0.5, 0.6) is 0 Å². The summed E-state index contributed by atoms with van der Waals surface area (Å²) >= 11 is 3.49. The van der Waals surface area contributed by atoms with Crippen LogP contribution < -0.4 is 5.32 Å². The lowest BCUT2D eigenvalue weighted by Crippen LogP contribution is -2.24. The zero-order chi connectivity index (χ0) is 15.0. The van der Waals surface area contributed by atoms with Gasteiger partial charge in [-0.15, -0.1) is 0 Å². The molecule has 21 heavy (non-hydrogen) atoms. The number of sulfone groups is 1. The van der Waals surface area contributed by atoms with Crippen LogP contribution in [0.2, 0.25) is 0 Å². The van der Waals surface area contributed by atoms with E-state index < -0.39 is 9.84 Å². The topological polar surface area (TPSA) is 46.2 Å². The summed E-state index contributed by atoms with van der Waals surface area (Å²) in [6.07, 6.45) is 0.588. The monoisotopic (exact) mass is 365 g/mol. The fourth-order valence-electron chi connectivity index (χ4n) is 2.76. The molecule has 0 saturated heterocycles. The zero-order valence-corrected chi connectivity index (χ0v) is 14.0. The van der Waals surface area contributed by atoms with E-state index in [1.807, 2.05) is 31.2 Å². The van der Waals surface area contributed by atoms with Crippen LogP contribution in [0.15, 0.2) is 51.8 Å². The van der Waals surface area contributed by atoms with E-state index in [-0.39, 0.29) is 11.8 Å². The van der Waals surface area contributed by atoms with Crippen LogP contribution in [0.25, 0.3) is 0 Å². The first-order valence-corrected chi connectivity index (χ1v) is 9.26. The first-order valence-electron chi connectivity index (χ1n) is 6.81. The minimum absolute atomic E-state index is 0.0263. The molecule has 0 fully saturated rings. The largest absolute Gasteiger partial charge is 0.378 e. The zero-order valence-electron chi connectivity index (χ0n) is 11.6. The van der Waals surface area contributed by atoms with Crippen molar-refractivity contribution in [2.24, 2.45) is 0 Å². The lowest BCUT2D eigenvalue weighted by molar-refractivity contribution is 0.576. The van der Waals surface area contributed by atoms with Crippen LogP contribution in [-0.4, -0.2) is 14.2 Å². The third kappa shape index (κ3) is 2.99. The Bertz CT molecular complexity index is 766. The summed E-state index contributed by atoms with van der Waals surface area (Å²) in [6.45, 7) is 2.04. The van der Waals surface area contributed by atoms with E-state index in [9.17, 15) is 8.42 Å². The second-order valence-electron chi connectivity index (χ2n) is 5.36. The van der Waals surface area contributed by atoms with Gasteiger partial charge in [0.25, 0.3) is 0 Å². The SMILES string of the molecule is Cc1cc(Br)cc(NC2CCS(=O)(=O)c3ccccc32)c1. The molecule has 1 atom stereocenters. The summed E-state index contributed by atoms with van der Waals surface area (Å²) in [5.41, 5.74) is 3.02. The molecule has 1 aliphatic heterocycles. The van der Waals surface area contributed by atoms with Gasteiger partial charge in [-0.1, -0.05) is 34.1 Å². The van der Waals surface area contributed by atoms with Gasteiger partial charge in [-0.3, -0.25) is 0 Å². The van der Waals surface area contributed by atoms with Gasteiger partial charge >= 0.3 is 0 Å². The average Bonchev–Trinajstić information content (AvgIpc) is 2.41. The Morgan fingerprint density at radius 1 is 1.19 bits per heavy atom. The van der Waals surface area contributed by atoms with Crippen molar-refractivity contribution < 1.29 is 8.42 Å². The van der Waals surface area contributed by atoms with Crippen molar-refractivity contribution in [2.45, 2.75) is 24.3 Å². The average molecular weight is 366 g/mol. The summed E-state index contributed by atoms with van der Waals surface area (Å²) in [4.78, 5) is 0.459. The number of hydrogen-bond acceptors (Lipinski definition) is 3. The summed E-state index contributed by atoms with van der Waals surface area (Å²) in [7, 11) is -3.13. The summed E-state index contributed by atoms with van der Waals surface area (Å²) in [6, 6.07) is 13.4. The van der Waals surface area contributed by atoms with Crippen LogP contribution in [0.4, 0.5) is 5.69 Å². The molecule has 1 N–H and O–H groups in total. The molecule has 1 aliphatic rings. The van der Waals surface area contributed by atoms with Crippen LogP contribution >= 0.6 is 15.9 Å². The minimum atomic E-state index is -3.13. The molecular weight excluding hydrogens is 350 g/mol. The van der Waals surface area contributed by atoms with Crippen molar-refractivity contribution in [1.29, 1.82) is 0 Å². The maximum absolute atomic E-state index is 12.1. The van der Waals surface area contributed by atoms with E-state index in [2.05, 4.69) is 27.3 Å². The van der Waals surface area contributed by atoms with Gasteiger partial charge in [0.1, 0.15) is 0 Å². The third-order valence-electron chi connectivity index (χ3n) is 3.69. The molecule has 0 aromatic heterocycles. The van der Waals surface area contributed by atoms with Crippen molar-refractivity contribution >= 4 is 31.5 Å². The molecule has 1 heterocycles. The van der Waals surface area contributed by atoms with Crippen LogP contribution in [-0.2, 0) is 9.84 Å². The first kappa shape index (κ1) is 14.6. The van der Waals surface area contributed by atoms with Gasteiger partial charge in [0.15, 0.2) is 9.84 Å². The Morgan fingerprint density at radius 2 is 1.95 bits per heavy atom. The van der Waals surface area contributed by atoms with E-state index >= 15 is 0 Å². The highest BCUT2D eigenvalue weighted by molar-refractivity contribution is 9.10. The van der Waals surface area contributed by atoms with Crippen LogP contribution in [0.1, 0.15) is 23.6 Å². The standard InChI is InChI=1S/C16H16BrNO2S/c1-11-8-12(17)10-13(9-11)18-15-6-7-21(19,20)16-5-3-2-4-14(15)16/h2-5,8-10,15,18H,6-7H2,1H3. The Labute approximate surface area is 133 Å². The van der Waals surface area contributed by atoms with Gasteiger partial charge < -0.3 is 5.32 Å². The van der Waals surface area contributed by atoms with E-state index in [0.29, 0.717) is 11.3 Å². The van der Waals surface area contributed by atoms with Gasteiger partial charge in [0.2, 0.25) is 0 Å². The summed E-state index contributed by atoms with van der Waals surface area (Å²) < 4.78 is 25.3. The molecule has 3 nitrogen and oxygen atoms in total. The maximum atomic E-state index is 12.1. The van der Waals surface area contributed by atoms with E-state index in [0.717, 1.165) is 21.3 Å². The van der Waals surface area contributed by atoms with Crippen molar-refractivity contribution in [1.82, 2.24) is 0 Å². The molecule has 110 valence electrons. The Kier molecular flexibility index (Phi) is 3.80. The second kappa shape index (κ2) is 5.46. The van der Waals surface area contributed by atoms with Crippen molar-refractivity contribution in [3.8, 4) is 0 Å². The third-order valence-corrected chi connectivity index (χ3v) is 5.96. The quantitative estimate of drug-likeness (QED) is 0.871. The fraction of sp³-hybridized carbons (Fsp3) is 0.250. The molecular formula is C16H16BrNO2S. The fourth-order valence-corrected chi connectivity index (χ4v) is 4.99. The Hall–Kier alpha value is -1.33.